The molecule has 0 unspecified atom stereocenters. The molecule has 3 amide bonds. The number of hydrogen-bond donors (Lipinski definition) is 2. The Labute approximate surface area is 178 Å². The summed E-state index contributed by atoms with van der Waals surface area (Å²) >= 11 is 0. The number of amides is 3. The molecular formula is C21H21N5O5. The first-order valence-electron chi connectivity index (χ1n) is 9.17. The van der Waals surface area contributed by atoms with Crippen LogP contribution in [0.15, 0.2) is 48.8 Å². The summed E-state index contributed by atoms with van der Waals surface area (Å²) in [6.45, 7) is 8.61. The number of aromatic nitrogens is 2. The van der Waals surface area contributed by atoms with Gasteiger partial charge in [-0.2, -0.15) is 5.10 Å². The Morgan fingerprint density at radius 1 is 1.19 bits per heavy atom. The molecule has 10 nitrogen and oxygen atoms in total. The Bertz CT molecular complexity index is 1150. The van der Waals surface area contributed by atoms with Crippen molar-refractivity contribution in [1.29, 1.82) is 0 Å². The van der Waals surface area contributed by atoms with Crippen LogP contribution >= 0.6 is 0 Å². The molecule has 0 aliphatic carbocycles. The lowest BCUT2D eigenvalue weighted by atomic mass is 10.0. The Morgan fingerprint density at radius 2 is 1.87 bits per heavy atom. The third kappa shape index (κ3) is 4.08. The highest BCUT2D eigenvalue weighted by Gasteiger charge is 2.34. The van der Waals surface area contributed by atoms with Crippen LogP contribution in [0.3, 0.4) is 0 Å². The molecule has 10 heteroatoms. The molecule has 31 heavy (non-hydrogen) atoms. The molecule has 0 spiro atoms. The van der Waals surface area contributed by atoms with Gasteiger partial charge in [0.05, 0.1) is 19.3 Å². The highest BCUT2D eigenvalue weighted by Crippen LogP contribution is 2.34. The number of rotatable bonds is 6. The van der Waals surface area contributed by atoms with E-state index in [1.54, 1.807) is 29.9 Å². The Morgan fingerprint density at radius 3 is 2.52 bits per heavy atom. The second-order valence-electron chi connectivity index (χ2n) is 6.81. The van der Waals surface area contributed by atoms with Crippen LogP contribution in [0.25, 0.3) is 11.3 Å². The lowest BCUT2D eigenvalue weighted by molar-refractivity contribution is -0.137. The number of methoxy groups -OCH3 is 1. The zero-order chi connectivity index (χ0) is 22.9. The van der Waals surface area contributed by atoms with Crippen molar-refractivity contribution in [3.63, 3.8) is 0 Å². The third-order valence-electron chi connectivity index (χ3n) is 4.71. The third-order valence-corrected chi connectivity index (χ3v) is 4.71. The summed E-state index contributed by atoms with van der Waals surface area (Å²) in [5.41, 5.74) is 2.11. The predicted molar refractivity (Wildman–Crippen MR) is 111 cm³/mol. The van der Waals surface area contributed by atoms with E-state index in [0.29, 0.717) is 22.6 Å². The van der Waals surface area contributed by atoms with Gasteiger partial charge in [-0.3, -0.25) is 24.0 Å². The molecule has 0 fully saturated rings. The lowest BCUT2D eigenvalue weighted by Crippen LogP contribution is -2.36. The first-order valence-corrected chi connectivity index (χ1v) is 9.17. The van der Waals surface area contributed by atoms with Crippen LogP contribution in [0.5, 0.6) is 0 Å². The minimum absolute atomic E-state index is 0.0992. The number of anilines is 1. The minimum atomic E-state index is -0.800. The van der Waals surface area contributed by atoms with E-state index in [0.717, 1.165) is 12.7 Å². The molecule has 0 atom stereocenters. The number of ether oxygens (including phenoxy) is 1. The van der Waals surface area contributed by atoms with Crippen molar-refractivity contribution in [3.8, 4) is 11.3 Å². The summed E-state index contributed by atoms with van der Waals surface area (Å²) in [6, 6.07) is 6.91. The van der Waals surface area contributed by atoms with Gasteiger partial charge >= 0.3 is 5.97 Å². The number of nitrogens with zero attached hydrogens (tertiary/aromatic N) is 3. The summed E-state index contributed by atoms with van der Waals surface area (Å²) in [7, 11) is 2.88. The van der Waals surface area contributed by atoms with Crippen molar-refractivity contribution in [2.75, 3.05) is 12.4 Å². The van der Waals surface area contributed by atoms with Gasteiger partial charge in [0, 0.05) is 31.2 Å². The van der Waals surface area contributed by atoms with Crippen LogP contribution in [0, 0.1) is 0 Å². The van der Waals surface area contributed by atoms with E-state index < -0.39 is 17.8 Å². The SMILES string of the molecule is C=C(NC(=O)C(=C)N1Cc2c(cccc2-c2cc(NC(C)=O)nn2C)C1=O)C(=O)OC. The summed E-state index contributed by atoms with van der Waals surface area (Å²) < 4.78 is 6.09. The topological polar surface area (TPSA) is 123 Å². The molecule has 2 heterocycles. The van der Waals surface area contributed by atoms with Gasteiger partial charge in [-0.15, -0.1) is 0 Å². The summed E-state index contributed by atoms with van der Waals surface area (Å²) in [4.78, 5) is 49.4. The average Bonchev–Trinajstić information content (AvgIpc) is 3.25. The van der Waals surface area contributed by atoms with Gasteiger partial charge in [-0.05, 0) is 11.6 Å². The first-order chi connectivity index (χ1) is 14.6. The van der Waals surface area contributed by atoms with Gasteiger partial charge in [-0.1, -0.05) is 25.3 Å². The maximum absolute atomic E-state index is 12.9. The van der Waals surface area contributed by atoms with Crippen molar-refractivity contribution in [1.82, 2.24) is 20.0 Å². The smallest absolute Gasteiger partial charge is 0.353 e. The van der Waals surface area contributed by atoms with Crippen molar-refractivity contribution < 1.29 is 23.9 Å². The van der Waals surface area contributed by atoms with Crippen molar-refractivity contribution in [2.45, 2.75) is 13.5 Å². The van der Waals surface area contributed by atoms with Crippen LogP contribution in [0.2, 0.25) is 0 Å². The molecule has 0 bridgehead atoms. The van der Waals surface area contributed by atoms with E-state index >= 15 is 0 Å². The number of hydrogen-bond acceptors (Lipinski definition) is 6. The summed E-state index contributed by atoms with van der Waals surface area (Å²) in [5.74, 6) is -1.81. The van der Waals surface area contributed by atoms with Gasteiger partial charge in [0.1, 0.15) is 11.4 Å². The van der Waals surface area contributed by atoms with Crippen LogP contribution < -0.4 is 10.6 Å². The maximum Gasteiger partial charge on any atom is 0.353 e. The quantitative estimate of drug-likeness (QED) is 0.534. The molecule has 0 saturated heterocycles. The van der Waals surface area contributed by atoms with E-state index in [-0.39, 0.29) is 23.8 Å². The van der Waals surface area contributed by atoms with Crippen LogP contribution in [0.4, 0.5) is 5.82 Å². The highest BCUT2D eigenvalue weighted by molar-refractivity contribution is 6.07. The number of carbonyl (C=O) groups is 4. The van der Waals surface area contributed by atoms with E-state index in [4.69, 9.17) is 0 Å². The number of nitrogens with one attached hydrogen (secondary N) is 2. The van der Waals surface area contributed by atoms with Crippen molar-refractivity contribution in [3.05, 3.63) is 59.9 Å². The highest BCUT2D eigenvalue weighted by atomic mass is 16.5. The number of fused-ring (bicyclic) bond motifs is 1. The van der Waals surface area contributed by atoms with E-state index in [2.05, 4.69) is 33.6 Å². The number of carbonyl (C=O) groups excluding carboxylic acids is 4. The fraction of sp³-hybridized carbons (Fsp3) is 0.190. The number of aryl methyl sites for hydroxylation is 1. The molecule has 1 aliphatic rings. The second kappa shape index (κ2) is 8.27. The zero-order valence-electron chi connectivity index (χ0n) is 17.3. The van der Waals surface area contributed by atoms with Crippen LogP contribution in [0.1, 0.15) is 22.8 Å². The van der Waals surface area contributed by atoms with E-state index in [1.165, 1.54) is 11.8 Å². The number of benzene rings is 1. The van der Waals surface area contributed by atoms with E-state index in [1.807, 2.05) is 6.07 Å². The van der Waals surface area contributed by atoms with E-state index in [9.17, 15) is 19.2 Å². The predicted octanol–water partition coefficient (Wildman–Crippen LogP) is 1.32. The Kier molecular flexibility index (Phi) is 5.73. The molecule has 160 valence electrons. The fourth-order valence-electron chi connectivity index (χ4n) is 3.26. The Hall–Kier alpha value is -4.21. The lowest BCUT2D eigenvalue weighted by Gasteiger charge is -2.18. The molecule has 3 rings (SSSR count). The largest absolute Gasteiger partial charge is 0.464 e. The summed E-state index contributed by atoms with van der Waals surface area (Å²) in [6.07, 6.45) is 0. The molecule has 0 saturated carbocycles. The molecule has 0 radical (unpaired) electrons. The average molecular weight is 423 g/mol. The molecule has 2 N–H and O–H groups in total. The van der Waals surface area contributed by atoms with Gasteiger partial charge in [0.15, 0.2) is 5.82 Å². The second-order valence-corrected chi connectivity index (χ2v) is 6.81. The van der Waals surface area contributed by atoms with Gasteiger partial charge < -0.3 is 15.4 Å². The zero-order valence-corrected chi connectivity index (χ0v) is 17.3. The molecule has 1 aromatic carbocycles. The number of esters is 1. The van der Waals surface area contributed by atoms with Gasteiger partial charge in [0.25, 0.3) is 11.8 Å². The molecule has 2 aromatic rings. The summed E-state index contributed by atoms with van der Waals surface area (Å²) in [5, 5.41) is 9.16. The fourth-order valence-corrected chi connectivity index (χ4v) is 3.26. The Balaban J connectivity index is 1.88. The molecule has 1 aromatic heterocycles. The normalized spacial score (nSPS) is 12.2. The standard InChI is InChI=1S/C21H21N5O5/c1-11(21(30)31-5)22-19(28)12(2)26-10-16-14(7-6-8-15(16)20(26)29)17-9-18(23-13(3)27)24-25(17)4/h6-9H,1-2,10H2,3-5H3,(H,22,28)(H,23,24,27). The minimum Gasteiger partial charge on any atom is -0.464 e. The van der Waals surface area contributed by atoms with Gasteiger partial charge in [0.2, 0.25) is 5.91 Å². The first kappa shape index (κ1) is 21.5. The van der Waals surface area contributed by atoms with Gasteiger partial charge in [-0.25, -0.2) is 4.79 Å². The molecular weight excluding hydrogens is 402 g/mol. The van der Waals surface area contributed by atoms with Crippen molar-refractivity contribution in [2.24, 2.45) is 7.05 Å². The van der Waals surface area contributed by atoms with Crippen LogP contribution in [-0.2, 0) is 32.7 Å². The van der Waals surface area contributed by atoms with Crippen LogP contribution in [-0.4, -0.2) is 45.5 Å². The van der Waals surface area contributed by atoms with Crippen molar-refractivity contribution >= 4 is 29.5 Å². The molecule has 1 aliphatic heterocycles. The maximum atomic E-state index is 12.9. The monoisotopic (exact) mass is 423 g/mol.